The minimum atomic E-state index is -0.428. The van der Waals surface area contributed by atoms with Crippen LogP contribution in [0.4, 0.5) is 17.1 Å². The Kier molecular flexibility index (Phi) is 3.90. The summed E-state index contributed by atoms with van der Waals surface area (Å²) in [7, 11) is 0. The predicted octanol–water partition coefficient (Wildman–Crippen LogP) is 1.77. The van der Waals surface area contributed by atoms with Crippen molar-refractivity contribution in [2.45, 2.75) is 25.9 Å². The van der Waals surface area contributed by atoms with Crippen LogP contribution in [0.1, 0.15) is 19.8 Å². The molecular weight excluding hydrogens is 246 g/mol. The van der Waals surface area contributed by atoms with Gasteiger partial charge in [0, 0.05) is 36.6 Å². The van der Waals surface area contributed by atoms with E-state index in [0.717, 1.165) is 31.6 Å². The molecule has 6 heteroatoms. The molecule has 1 fully saturated rings. The number of nitrogens with two attached hydrogens (primary N) is 1. The van der Waals surface area contributed by atoms with Gasteiger partial charge in [0.25, 0.3) is 5.69 Å². The summed E-state index contributed by atoms with van der Waals surface area (Å²) in [4.78, 5) is 12.5. The fourth-order valence-corrected chi connectivity index (χ4v) is 2.55. The first-order valence-electron chi connectivity index (χ1n) is 6.45. The van der Waals surface area contributed by atoms with Crippen molar-refractivity contribution >= 4 is 17.1 Å². The number of hydrogen-bond acceptors (Lipinski definition) is 5. The van der Waals surface area contributed by atoms with E-state index in [9.17, 15) is 15.2 Å². The summed E-state index contributed by atoms with van der Waals surface area (Å²) >= 11 is 0. The first kappa shape index (κ1) is 13.6. The highest BCUT2D eigenvalue weighted by molar-refractivity contribution is 5.62. The lowest BCUT2D eigenvalue weighted by Crippen LogP contribution is -2.37. The fourth-order valence-electron chi connectivity index (χ4n) is 2.55. The Morgan fingerprint density at radius 2 is 2.05 bits per heavy atom. The van der Waals surface area contributed by atoms with Gasteiger partial charge in [-0.3, -0.25) is 10.1 Å². The summed E-state index contributed by atoms with van der Waals surface area (Å²) in [5, 5.41) is 20.4. The van der Waals surface area contributed by atoms with E-state index in [-0.39, 0.29) is 11.8 Å². The van der Waals surface area contributed by atoms with Gasteiger partial charge >= 0.3 is 0 Å². The lowest BCUT2D eigenvalue weighted by Gasteiger charge is -2.34. The molecule has 1 aromatic rings. The van der Waals surface area contributed by atoms with Gasteiger partial charge in [-0.05, 0) is 31.7 Å². The molecule has 2 rings (SSSR count). The average molecular weight is 265 g/mol. The molecule has 0 saturated carbocycles. The maximum Gasteiger partial charge on any atom is 0.273 e. The van der Waals surface area contributed by atoms with Crippen molar-refractivity contribution in [1.29, 1.82) is 0 Å². The molecule has 1 aliphatic rings. The number of hydrogen-bond donors (Lipinski definition) is 2. The second-order valence-corrected chi connectivity index (χ2v) is 5.10. The van der Waals surface area contributed by atoms with Crippen LogP contribution in [0.2, 0.25) is 0 Å². The number of nitrogen functional groups attached to an aromatic ring is 1. The summed E-state index contributed by atoms with van der Waals surface area (Å²) in [6.45, 7) is 3.39. The second-order valence-electron chi connectivity index (χ2n) is 5.10. The van der Waals surface area contributed by atoms with Gasteiger partial charge in [0.05, 0.1) is 11.0 Å². The number of aliphatic hydroxyl groups excluding tert-OH is 1. The molecule has 0 amide bonds. The Hall–Kier alpha value is -1.82. The largest absolute Gasteiger partial charge is 0.398 e. The van der Waals surface area contributed by atoms with Crippen molar-refractivity contribution in [2.24, 2.45) is 5.92 Å². The van der Waals surface area contributed by atoms with Crippen molar-refractivity contribution in [3.63, 3.8) is 0 Å². The number of rotatable bonds is 3. The molecule has 104 valence electrons. The van der Waals surface area contributed by atoms with E-state index >= 15 is 0 Å². The van der Waals surface area contributed by atoms with E-state index in [1.807, 2.05) is 6.92 Å². The van der Waals surface area contributed by atoms with Gasteiger partial charge in [-0.25, -0.2) is 0 Å². The zero-order valence-electron chi connectivity index (χ0n) is 11.0. The van der Waals surface area contributed by atoms with Crippen molar-refractivity contribution < 1.29 is 10.0 Å². The molecule has 1 atom stereocenters. The fraction of sp³-hybridized carbons (Fsp3) is 0.538. The van der Waals surface area contributed by atoms with Gasteiger partial charge in [-0.1, -0.05) is 0 Å². The van der Waals surface area contributed by atoms with Gasteiger partial charge < -0.3 is 15.7 Å². The molecule has 1 aliphatic heterocycles. The molecule has 3 N–H and O–H groups in total. The van der Waals surface area contributed by atoms with E-state index < -0.39 is 4.92 Å². The Morgan fingerprint density at radius 1 is 1.42 bits per heavy atom. The molecule has 0 spiro atoms. The summed E-state index contributed by atoms with van der Waals surface area (Å²) in [5.41, 5.74) is 6.92. The smallest absolute Gasteiger partial charge is 0.273 e. The van der Waals surface area contributed by atoms with Crippen LogP contribution in [0.15, 0.2) is 18.2 Å². The number of nitrogens with zero attached hydrogens (tertiary/aromatic N) is 2. The molecule has 1 aromatic carbocycles. The predicted molar refractivity (Wildman–Crippen MR) is 74.1 cm³/mol. The van der Waals surface area contributed by atoms with Gasteiger partial charge in [-0.15, -0.1) is 0 Å². The third-order valence-corrected chi connectivity index (χ3v) is 3.72. The molecule has 19 heavy (non-hydrogen) atoms. The van der Waals surface area contributed by atoms with E-state index in [1.54, 1.807) is 12.1 Å². The van der Waals surface area contributed by atoms with Crippen molar-refractivity contribution in [3.8, 4) is 0 Å². The van der Waals surface area contributed by atoms with E-state index in [2.05, 4.69) is 4.90 Å². The van der Waals surface area contributed by atoms with Crippen LogP contribution in [0.3, 0.4) is 0 Å². The SMILES string of the molecule is CC(O)C1CCN(c2cc(N)cc([N+](=O)[O-])c2)CC1. The van der Waals surface area contributed by atoms with Crippen LogP contribution in [0.25, 0.3) is 0 Å². The number of aliphatic hydroxyl groups is 1. The lowest BCUT2D eigenvalue weighted by atomic mass is 9.92. The number of nitro benzene ring substituents is 1. The number of anilines is 2. The Bertz CT molecular complexity index is 468. The van der Waals surface area contributed by atoms with Crippen LogP contribution < -0.4 is 10.6 Å². The molecule has 6 nitrogen and oxygen atoms in total. The molecule has 1 saturated heterocycles. The van der Waals surface area contributed by atoms with E-state index in [4.69, 9.17) is 5.73 Å². The molecule has 0 radical (unpaired) electrons. The summed E-state index contributed by atoms with van der Waals surface area (Å²) < 4.78 is 0. The zero-order chi connectivity index (χ0) is 14.0. The molecule has 0 aromatic heterocycles. The standard InChI is InChI=1S/C13H19N3O3/c1-9(17)10-2-4-15(5-3-10)12-6-11(14)7-13(8-12)16(18)19/h6-10,17H,2-5,14H2,1H3. The van der Waals surface area contributed by atoms with Gasteiger partial charge in [-0.2, -0.15) is 0 Å². The van der Waals surface area contributed by atoms with E-state index in [1.165, 1.54) is 6.07 Å². The van der Waals surface area contributed by atoms with Crippen molar-refractivity contribution in [2.75, 3.05) is 23.7 Å². The van der Waals surface area contributed by atoms with Crippen LogP contribution in [0.5, 0.6) is 0 Å². The maximum atomic E-state index is 10.8. The lowest BCUT2D eigenvalue weighted by molar-refractivity contribution is -0.384. The highest BCUT2D eigenvalue weighted by atomic mass is 16.6. The molecule has 0 bridgehead atoms. The first-order valence-corrected chi connectivity index (χ1v) is 6.45. The Balaban J connectivity index is 2.13. The van der Waals surface area contributed by atoms with Crippen molar-refractivity contribution in [3.05, 3.63) is 28.3 Å². The number of piperidine rings is 1. The second kappa shape index (κ2) is 5.44. The zero-order valence-corrected chi connectivity index (χ0v) is 11.0. The minimum Gasteiger partial charge on any atom is -0.398 e. The number of benzene rings is 1. The van der Waals surface area contributed by atoms with Gasteiger partial charge in [0.1, 0.15) is 0 Å². The Labute approximate surface area is 112 Å². The van der Waals surface area contributed by atoms with Crippen LogP contribution in [-0.4, -0.2) is 29.2 Å². The van der Waals surface area contributed by atoms with Gasteiger partial charge in [0.2, 0.25) is 0 Å². The first-order chi connectivity index (χ1) is 8.97. The molecule has 1 unspecified atom stereocenters. The third-order valence-electron chi connectivity index (χ3n) is 3.72. The van der Waals surface area contributed by atoms with Gasteiger partial charge in [0.15, 0.2) is 0 Å². The highest BCUT2D eigenvalue weighted by Crippen LogP contribution is 2.29. The summed E-state index contributed by atoms with van der Waals surface area (Å²) in [6.07, 6.45) is 1.48. The van der Waals surface area contributed by atoms with Crippen LogP contribution in [0, 0.1) is 16.0 Å². The molecule has 0 aliphatic carbocycles. The normalized spacial score (nSPS) is 18.3. The summed E-state index contributed by atoms with van der Waals surface area (Å²) in [5.74, 6) is 0.312. The van der Waals surface area contributed by atoms with Crippen LogP contribution in [-0.2, 0) is 0 Å². The van der Waals surface area contributed by atoms with E-state index in [0.29, 0.717) is 11.6 Å². The third kappa shape index (κ3) is 3.14. The topological polar surface area (TPSA) is 92.6 Å². The minimum absolute atomic E-state index is 0.0210. The van der Waals surface area contributed by atoms with Crippen LogP contribution >= 0.6 is 0 Å². The van der Waals surface area contributed by atoms with Crippen molar-refractivity contribution in [1.82, 2.24) is 0 Å². The molecular formula is C13H19N3O3. The number of nitro groups is 1. The Morgan fingerprint density at radius 3 is 2.58 bits per heavy atom. The monoisotopic (exact) mass is 265 g/mol. The highest BCUT2D eigenvalue weighted by Gasteiger charge is 2.23. The molecule has 1 heterocycles. The number of non-ortho nitro benzene ring substituents is 1. The maximum absolute atomic E-state index is 10.8. The summed E-state index contributed by atoms with van der Waals surface area (Å²) in [6, 6.07) is 4.68. The quantitative estimate of drug-likeness (QED) is 0.493. The average Bonchev–Trinajstić information content (AvgIpc) is 2.38.